The molecule has 1 saturated carbocycles. The Labute approximate surface area is 192 Å². The predicted octanol–water partition coefficient (Wildman–Crippen LogP) is 3.94. The Hall–Kier alpha value is -3.41. The van der Waals surface area contributed by atoms with Gasteiger partial charge in [-0.2, -0.15) is 10.2 Å². The molecule has 0 amide bonds. The highest BCUT2D eigenvalue weighted by atomic mass is 16.3. The third-order valence-electron chi connectivity index (χ3n) is 7.03. The fraction of sp³-hybridized carbons (Fsp3) is 0.400. The summed E-state index contributed by atoms with van der Waals surface area (Å²) in [5, 5.41) is 24.8. The maximum Gasteiger partial charge on any atom is 0.229 e. The van der Waals surface area contributed by atoms with Crippen LogP contribution in [0.5, 0.6) is 0 Å². The second kappa shape index (κ2) is 7.87. The summed E-state index contributed by atoms with van der Waals surface area (Å²) in [6, 6.07) is 8.41. The van der Waals surface area contributed by atoms with Gasteiger partial charge in [0.1, 0.15) is 17.2 Å². The summed E-state index contributed by atoms with van der Waals surface area (Å²) in [6.07, 6.45) is 7.63. The molecule has 1 aliphatic carbocycles. The second-order valence-electron chi connectivity index (χ2n) is 9.23. The fourth-order valence-electron chi connectivity index (χ4n) is 5.34. The monoisotopic (exact) mass is 442 g/mol. The maximum absolute atomic E-state index is 10.9. The largest absolute Gasteiger partial charge is 0.459 e. The highest BCUT2D eigenvalue weighted by molar-refractivity contribution is 5.86. The lowest BCUT2D eigenvalue weighted by Gasteiger charge is -2.37. The van der Waals surface area contributed by atoms with Gasteiger partial charge in [0.05, 0.1) is 18.2 Å². The summed E-state index contributed by atoms with van der Waals surface area (Å²) in [5.41, 5.74) is 4.10. The van der Waals surface area contributed by atoms with E-state index in [-0.39, 0.29) is 6.04 Å². The molecule has 3 aromatic rings. The lowest BCUT2D eigenvalue weighted by molar-refractivity contribution is 0.194. The molecule has 0 radical (unpaired) electrons. The van der Waals surface area contributed by atoms with E-state index in [1.807, 2.05) is 17.0 Å². The van der Waals surface area contributed by atoms with Gasteiger partial charge >= 0.3 is 0 Å². The van der Waals surface area contributed by atoms with Gasteiger partial charge in [0.15, 0.2) is 6.23 Å². The molecule has 33 heavy (non-hydrogen) atoms. The molecule has 1 fully saturated rings. The molecule has 8 nitrogen and oxygen atoms in total. The summed E-state index contributed by atoms with van der Waals surface area (Å²) in [6.45, 7) is 1.87. The molecule has 168 valence electrons. The molecule has 6 rings (SSSR count). The first-order chi connectivity index (χ1) is 16.1. The van der Waals surface area contributed by atoms with Gasteiger partial charge in [0.2, 0.25) is 5.95 Å². The number of fused-ring (bicyclic) bond motifs is 4. The van der Waals surface area contributed by atoms with Gasteiger partial charge in [0.25, 0.3) is 0 Å². The summed E-state index contributed by atoms with van der Waals surface area (Å²) in [4.78, 5) is 13.4. The van der Waals surface area contributed by atoms with E-state index in [0.29, 0.717) is 17.3 Å². The summed E-state index contributed by atoms with van der Waals surface area (Å²) in [5.74, 6) is 2.17. The van der Waals surface area contributed by atoms with Crippen molar-refractivity contribution in [1.82, 2.24) is 14.9 Å². The van der Waals surface area contributed by atoms with Gasteiger partial charge in [0, 0.05) is 47.1 Å². The average molecular weight is 443 g/mol. The lowest BCUT2D eigenvalue weighted by atomic mass is 10.0. The second-order valence-corrected chi connectivity index (χ2v) is 9.23. The molecule has 0 bridgehead atoms. The number of anilines is 3. The molecule has 0 spiro atoms. The summed E-state index contributed by atoms with van der Waals surface area (Å²) >= 11 is 0. The van der Waals surface area contributed by atoms with Crippen LogP contribution in [-0.4, -0.2) is 45.8 Å². The number of hydrogen-bond donors (Lipinski definition) is 2. The van der Waals surface area contributed by atoms with Gasteiger partial charge in [-0.15, -0.1) is 0 Å². The fourth-order valence-corrected chi connectivity index (χ4v) is 5.34. The zero-order chi connectivity index (χ0) is 22.5. The van der Waals surface area contributed by atoms with Gasteiger partial charge in [-0.25, -0.2) is 4.98 Å². The Kier molecular flexibility index (Phi) is 4.82. The van der Waals surface area contributed by atoms with E-state index in [9.17, 15) is 10.4 Å². The van der Waals surface area contributed by atoms with Gasteiger partial charge in [-0.3, -0.25) is 4.90 Å². The van der Waals surface area contributed by atoms with Gasteiger partial charge < -0.3 is 19.7 Å². The van der Waals surface area contributed by atoms with Crippen LogP contribution < -0.4 is 10.2 Å². The highest BCUT2D eigenvalue weighted by Gasteiger charge is 2.35. The third-order valence-corrected chi connectivity index (χ3v) is 7.03. The van der Waals surface area contributed by atoms with Crippen LogP contribution in [0.1, 0.15) is 42.6 Å². The normalized spacial score (nSPS) is 20.9. The molecule has 2 N–H and O–H groups in total. The molecule has 1 unspecified atom stereocenters. The van der Waals surface area contributed by atoms with Crippen LogP contribution in [0.25, 0.3) is 17.0 Å². The molecule has 4 heterocycles. The van der Waals surface area contributed by atoms with Crippen LogP contribution in [-0.2, 0) is 13.0 Å². The zero-order valence-electron chi connectivity index (χ0n) is 18.6. The van der Waals surface area contributed by atoms with E-state index >= 15 is 0 Å². The van der Waals surface area contributed by atoms with E-state index in [1.54, 1.807) is 12.3 Å². The predicted molar refractivity (Wildman–Crippen MR) is 126 cm³/mol. The first-order valence-electron chi connectivity index (χ1n) is 11.6. The molecule has 2 aromatic heterocycles. The lowest BCUT2D eigenvalue weighted by Crippen LogP contribution is -2.45. The maximum atomic E-state index is 10.9. The Morgan fingerprint density at radius 2 is 2.12 bits per heavy atom. The Balaban J connectivity index is 1.33. The van der Waals surface area contributed by atoms with E-state index in [1.165, 1.54) is 10.9 Å². The van der Waals surface area contributed by atoms with Crippen molar-refractivity contribution in [2.24, 2.45) is 0 Å². The molecular weight excluding hydrogens is 416 g/mol. The Morgan fingerprint density at radius 1 is 1.27 bits per heavy atom. The molecule has 0 saturated heterocycles. The topological polar surface area (TPSA) is 101 Å². The molecule has 1 aromatic carbocycles. The number of rotatable bonds is 3. The number of nitrogens with zero attached hydrogens (tertiary/aromatic N) is 5. The molecule has 3 aliphatic rings. The number of hydrogen-bond acceptors (Lipinski definition) is 8. The number of furan rings is 1. The first kappa shape index (κ1) is 20.2. The third kappa shape index (κ3) is 3.45. The molecule has 8 heteroatoms. The van der Waals surface area contributed by atoms with Crippen molar-refractivity contribution >= 4 is 34.5 Å². The minimum absolute atomic E-state index is 0.169. The van der Waals surface area contributed by atoms with Crippen molar-refractivity contribution < 1.29 is 9.52 Å². The van der Waals surface area contributed by atoms with Crippen molar-refractivity contribution in [3.05, 3.63) is 46.9 Å². The van der Waals surface area contributed by atoms with Crippen LogP contribution in [0.2, 0.25) is 0 Å². The van der Waals surface area contributed by atoms with Crippen molar-refractivity contribution in [2.75, 3.05) is 23.8 Å². The van der Waals surface area contributed by atoms with Crippen molar-refractivity contribution in [1.29, 1.82) is 5.26 Å². The summed E-state index contributed by atoms with van der Waals surface area (Å²) < 4.78 is 6.15. The Morgan fingerprint density at radius 3 is 2.94 bits per heavy atom. The standard InChI is InChI=1S/C25H26N6O2/c1-30-9-8-20-19-7-6-17(11-21(19)33-22(20)14-30)28-25-27-13-16-10-15(12-26)24(32)31(23(16)29-25)18-4-2-3-5-18/h6-7,10-11,13,18,24,32H,2-5,8-9,14H2,1H3,(H,27,28,29). The summed E-state index contributed by atoms with van der Waals surface area (Å²) in [7, 11) is 2.11. The van der Waals surface area contributed by atoms with E-state index in [4.69, 9.17) is 9.40 Å². The van der Waals surface area contributed by atoms with Crippen molar-refractivity contribution in [3.63, 3.8) is 0 Å². The van der Waals surface area contributed by atoms with E-state index in [2.05, 4.69) is 34.4 Å². The molecular formula is C25H26N6O2. The quantitative estimate of drug-likeness (QED) is 0.629. The van der Waals surface area contributed by atoms with E-state index < -0.39 is 6.23 Å². The molecule has 2 aliphatic heterocycles. The van der Waals surface area contributed by atoms with Crippen LogP contribution in [0.15, 0.2) is 34.4 Å². The SMILES string of the molecule is CN1CCc2c(oc3cc(Nc4ncc5c(n4)N(C4CCCC4)C(O)C(C#N)=C5)ccc23)C1. The molecule has 1 atom stereocenters. The number of nitrogens with one attached hydrogen (secondary N) is 1. The van der Waals surface area contributed by atoms with Crippen LogP contribution in [0.4, 0.5) is 17.5 Å². The average Bonchev–Trinajstić information content (AvgIpc) is 3.46. The number of aromatic nitrogens is 2. The number of aliphatic hydroxyl groups excluding tert-OH is 1. The van der Waals surface area contributed by atoms with E-state index in [0.717, 1.165) is 67.8 Å². The van der Waals surface area contributed by atoms with Crippen LogP contribution in [0, 0.1) is 11.3 Å². The highest BCUT2D eigenvalue weighted by Crippen LogP contribution is 2.37. The van der Waals surface area contributed by atoms with Crippen LogP contribution >= 0.6 is 0 Å². The van der Waals surface area contributed by atoms with Crippen molar-refractivity contribution in [3.8, 4) is 6.07 Å². The first-order valence-corrected chi connectivity index (χ1v) is 11.6. The number of likely N-dealkylation sites (N-methyl/N-ethyl adjacent to an activating group) is 1. The zero-order valence-corrected chi connectivity index (χ0v) is 18.6. The smallest absolute Gasteiger partial charge is 0.229 e. The van der Waals surface area contributed by atoms with Crippen molar-refractivity contribution in [2.45, 2.75) is 50.9 Å². The number of benzene rings is 1. The minimum Gasteiger partial charge on any atom is -0.459 e. The number of aliphatic hydroxyl groups is 1. The Bertz CT molecular complexity index is 1300. The van der Waals surface area contributed by atoms with Gasteiger partial charge in [-0.05, 0) is 44.5 Å². The minimum atomic E-state index is -0.975. The van der Waals surface area contributed by atoms with Crippen LogP contribution in [0.3, 0.4) is 0 Å². The number of nitriles is 1. The van der Waals surface area contributed by atoms with Gasteiger partial charge in [-0.1, -0.05) is 12.8 Å².